The summed E-state index contributed by atoms with van der Waals surface area (Å²) in [5.41, 5.74) is 23.7. The van der Waals surface area contributed by atoms with Crippen LogP contribution in [0.15, 0.2) is 72.8 Å². The highest BCUT2D eigenvalue weighted by atomic mass is 19.1. The van der Waals surface area contributed by atoms with Crippen molar-refractivity contribution in [2.75, 3.05) is 39.9 Å². The maximum atomic E-state index is 15.8. The minimum Gasteiger partial charge on any atom is -0.492 e. The highest BCUT2D eigenvalue weighted by Gasteiger charge is 2.36. The number of nitrogens with two attached hydrogens (primary N) is 3. The quantitative estimate of drug-likeness (QED) is 0.0907. The number of Topliss-reactive ketones (excluding diaryl/α,β-unsaturated/α-hetero) is 3. The van der Waals surface area contributed by atoms with E-state index in [1.165, 1.54) is 35.2 Å². The number of fused-ring (bicyclic) bond motifs is 6. The molecule has 0 aromatic heterocycles. The molecule has 1 aliphatic carbocycles. The van der Waals surface area contributed by atoms with E-state index in [2.05, 4.69) is 17.4 Å². The van der Waals surface area contributed by atoms with Gasteiger partial charge in [0.05, 0.1) is 17.7 Å². The van der Waals surface area contributed by atoms with Gasteiger partial charge in [0, 0.05) is 68.8 Å². The van der Waals surface area contributed by atoms with Gasteiger partial charge >= 0.3 is 0 Å². The highest BCUT2D eigenvalue weighted by Crippen LogP contribution is 2.41. The number of carbonyl (C=O) groups excluding carboxylic acids is 5. The lowest BCUT2D eigenvalue weighted by molar-refractivity contribution is -0.142. The summed E-state index contributed by atoms with van der Waals surface area (Å²) < 4.78 is 28.1. The van der Waals surface area contributed by atoms with Gasteiger partial charge in [-0.25, -0.2) is 4.39 Å². The predicted octanol–water partition coefficient (Wildman–Crippen LogP) is 5.96. The molecule has 0 radical (unpaired) electrons. The predicted molar refractivity (Wildman–Crippen MR) is 245 cm³/mol. The van der Waals surface area contributed by atoms with E-state index in [0.29, 0.717) is 39.3 Å². The van der Waals surface area contributed by atoms with E-state index < -0.39 is 53.1 Å². The van der Waals surface area contributed by atoms with Gasteiger partial charge in [-0.2, -0.15) is 5.26 Å². The van der Waals surface area contributed by atoms with Gasteiger partial charge in [0.25, 0.3) is 0 Å². The van der Waals surface area contributed by atoms with Crippen LogP contribution < -0.4 is 32.0 Å². The molecular weight excluding hydrogens is 828 g/mol. The zero-order valence-corrected chi connectivity index (χ0v) is 37.2. The molecule has 2 aliphatic rings. The third-order valence-corrected chi connectivity index (χ3v) is 12.3. The van der Waals surface area contributed by atoms with E-state index in [-0.39, 0.29) is 82.7 Å². The molecule has 0 fully saturated rings. The molecule has 4 aromatic carbocycles. The third kappa shape index (κ3) is 11.7. The molecule has 4 aromatic rings. The normalized spacial score (nSPS) is 17.7. The standard InChI is InChI=1S/C51H59FN6O7/c1-31-24-46(61)49(58(2)51(63)38(17-19-54)30-45(60)39-14-12-36(29-42(39)52)35-11-10-33-6-3-4-7-34(33)27-35)37-13-16-48(65-23-21-56)41(28-37)40-25-32(9-15-47(40)64-22-20-55)26-43(57-50(31)62)44(59)8-5-18-53/h9-16,25,27-29,31,38,43,49H,3-8,17,19-24,26,30,54-56H2,1-2H3,(H,57,62)/t31-,38-,43+,49+/m1/s1. The Morgan fingerprint density at radius 1 is 0.846 bits per heavy atom. The highest BCUT2D eigenvalue weighted by molar-refractivity contribution is 6.00. The zero-order valence-electron chi connectivity index (χ0n) is 37.2. The molecule has 1 aliphatic heterocycles. The number of carbonyl (C=O) groups is 5. The number of nitrogens with one attached hydrogen (secondary N) is 1. The Morgan fingerprint density at radius 2 is 1.51 bits per heavy atom. The van der Waals surface area contributed by atoms with Crippen LogP contribution in [0, 0.1) is 29.0 Å². The number of ketones is 3. The fourth-order valence-corrected chi connectivity index (χ4v) is 8.81. The Labute approximate surface area is 379 Å². The Kier molecular flexibility index (Phi) is 16.7. The second-order valence-corrected chi connectivity index (χ2v) is 17.0. The second-order valence-electron chi connectivity index (χ2n) is 17.0. The molecule has 342 valence electrons. The number of benzene rings is 4. The Morgan fingerprint density at radius 3 is 2.18 bits per heavy atom. The second kappa shape index (κ2) is 22.6. The first-order valence-electron chi connectivity index (χ1n) is 22.4. The van der Waals surface area contributed by atoms with Crippen molar-refractivity contribution >= 4 is 29.2 Å². The Bertz CT molecular complexity index is 2450. The average molecular weight is 887 g/mol. The first-order chi connectivity index (χ1) is 31.4. The molecule has 0 spiro atoms. The lowest BCUT2D eigenvalue weighted by atomic mass is 9.87. The molecule has 0 saturated carbocycles. The van der Waals surface area contributed by atoms with Crippen molar-refractivity contribution in [2.45, 2.75) is 83.2 Å². The van der Waals surface area contributed by atoms with Gasteiger partial charge in [-0.05, 0) is 115 Å². The van der Waals surface area contributed by atoms with Crippen molar-refractivity contribution < 1.29 is 37.8 Å². The maximum absolute atomic E-state index is 15.8. The maximum Gasteiger partial charge on any atom is 0.226 e. The van der Waals surface area contributed by atoms with E-state index in [9.17, 15) is 29.2 Å². The van der Waals surface area contributed by atoms with Crippen LogP contribution in [0.25, 0.3) is 22.3 Å². The van der Waals surface area contributed by atoms with E-state index in [0.717, 1.165) is 31.2 Å². The summed E-state index contributed by atoms with van der Waals surface area (Å²) in [6.45, 7) is 2.31. The van der Waals surface area contributed by atoms with Gasteiger partial charge in [-0.15, -0.1) is 0 Å². The molecule has 7 N–H and O–H groups in total. The van der Waals surface area contributed by atoms with Crippen LogP contribution in [-0.2, 0) is 38.4 Å². The van der Waals surface area contributed by atoms with Crippen molar-refractivity contribution in [3.05, 3.63) is 106 Å². The van der Waals surface area contributed by atoms with E-state index >= 15 is 4.39 Å². The number of rotatable bonds is 17. The Hall–Kier alpha value is -6.27. The number of likely N-dealkylation sites (N-methyl/N-ethyl adjacent to an activating group) is 1. The number of hydrogen-bond donors (Lipinski definition) is 4. The van der Waals surface area contributed by atoms with Crippen molar-refractivity contribution in [3.63, 3.8) is 0 Å². The molecule has 4 bridgehead atoms. The number of halogens is 1. The molecule has 1 heterocycles. The van der Waals surface area contributed by atoms with Gasteiger partial charge in [0.1, 0.15) is 36.6 Å². The molecule has 13 nitrogen and oxygen atoms in total. The lowest BCUT2D eigenvalue weighted by Gasteiger charge is -2.32. The van der Waals surface area contributed by atoms with Crippen LogP contribution in [0.3, 0.4) is 0 Å². The summed E-state index contributed by atoms with van der Waals surface area (Å²) in [6, 6.07) is 20.7. The van der Waals surface area contributed by atoms with Crippen molar-refractivity contribution in [1.29, 1.82) is 5.26 Å². The summed E-state index contributed by atoms with van der Waals surface area (Å²) in [5, 5.41) is 12.1. The topological polar surface area (TPSA) is 221 Å². The SMILES string of the molecule is C[C@@H]1CC(=O)[C@@H](N(C)C(=O)[C@H](CCN)CC(=O)c2ccc(-c3ccc4c(c3)CCCC4)cc2F)c2ccc(OCCN)c(c2)-c2cc(ccc2OCCN)C[C@@H](C(=O)CCC#N)NC1=O. The first kappa shape index (κ1) is 48.2. The molecule has 65 heavy (non-hydrogen) atoms. The summed E-state index contributed by atoms with van der Waals surface area (Å²) in [5.74, 6) is -4.42. The lowest BCUT2D eigenvalue weighted by Crippen LogP contribution is -2.46. The number of hydrogen-bond acceptors (Lipinski definition) is 11. The molecule has 0 saturated heterocycles. The number of nitriles is 1. The molecule has 6 rings (SSSR count). The van der Waals surface area contributed by atoms with Gasteiger partial charge < -0.3 is 36.9 Å². The van der Waals surface area contributed by atoms with Crippen LogP contribution in [0.2, 0.25) is 0 Å². The number of amides is 2. The summed E-state index contributed by atoms with van der Waals surface area (Å²) >= 11 is 0. The van der Waals surface area contributed by atoms with E-state index in [1.807, 2.05) is 12.1 Å². The van der Waals surface area contributed by atoms with Gasteiger partial charge in [0.15, 0.2) is 17.3 Å². The van der Waals surface area contributed by atoms with Crippen LogP contribution in [-0.4, -0.2) is 80.0 Å². The first-order valence-corrected chi connectivity index (χ1v) is 22.4. The van der Waals surface area contributed by atoms with Crippen LogP contribution in [0.1, 0.15) is 90.5 Å². The Balaban J connectivity index is 1.37. The third-order valence-electron chi connectivity index (χ3n) is 12.3. The minimum atomic E-state index is -1.28. The molecule has 14 heteroatoms. The number of nitrogens with zero attached hydrogens (tertiary/aromatic N) is 2. The van der Waals surface area contributed by atoms with Crippen LogP contribution in [0.5, 0.6) is 11.5 Å². The van der Waals surface area contributed by atoms with E-state index in [4.69, 9.17) is 26.7 Å². The van der Waals surface area contributed by atoms with Crippen molar-refractivity contribution in [3.8, 4) is 39.8 Å². The largest absolute Gasteiger partial charge is 0.492 e. The van der Waals surface area contributed by atoms with Gasteiger partial charge in [-0.1, -0.05) is 43.3 Å². The average Bonchev–Trinajstić information content (AvgIpc) is 3.31. The zero-order chi connectivity index (χ0) is 46.6. The van der Waals surface area contributed by atoms with Crippen LogP contribution >= 0.6 is 0 Å². The van der Waals surface area contributed by atoms with Gasteiger partial charge in [0.2, 0.25) is 11.8 Å². The fourth-order valence-electron chi connectivity index (χ4n) is 8.81. The smallest absolute Gasteiger partial charge is 0.226 e. The summed E-state index contributed by atoms with van der Waals surface area (Å²) in [4.78, 5) is 71.8. The van der Waals surface area contributed by atoms with Crippen molar-refractivity contribution in [1.82, 2.24) is 10.2 Å². The molecule has 0 unspecified atom stereocenters. The summed E-state index contributed by atoms with van der Waals surface area (Å²) in [6.07, 6.45) is 3.56. The van der Waals surface area contributed by atoms with Gasteiger partial charge in [-0.3, -0.25) is 24.0 Å². The fraction of sp³-hybridized carbons (Fsp3) is 0.412. The van der Waals surface area contributed by atoms with E-state index in [1.54, 1.807) is 49.4 Å². The number of aryl methyl sites for hydroxylation is 2. The monoisotopic (exact) mass is 886 g/mol. The molecule has 2 amide bonds. The number of ether oxygens (including phenoxy) is 2. The van der Waals surface area contributed by atoms with Crippen molar-refractivity contribution in [2.24, 2.45) is 29.0 Å². The minimum absolute atomic E-state index is 0.0284. The molecule has 4 atom stereocenters. The molecular formula is C51H59FN6O7. The van der Waals surface area contributed by atoms with Crippen LogP contribution in [0.4, 0.5) is 4.39 Å². The summed E-state index contributed by atoms with van der Waals surface area (Å²) in [7, 11) is 1.46.